The second-order valence-corrected chi connectivity index (χ2v) is 6.46. The zero-order chi connectivity index (χ0) is 17.1. The minimum atomic E-state index is 0.126. The average Bonchev–Trinajstić information content (AvgIpc) is 2.60. The zero-order valence-electron chi connectivity index (χ0n) is 14.7. The first-order valence-corrected chi connectivity index (χ1v) is 8.46. The van der Waals surface area contributed by atoms with Gasteiger partial charge in [-0.05, 0) is 36.6 Å². The third-order valence-electron chi connectivity index (χ3n) is 4.75. The Hall–Kier alpha value is -1.79. The quantitative estimate of drug-likeness (QED) is 0.831. The highest BCUT2D eigenvalue weighted by molar-refractivity contribution is 5.78. The normalized spacial score (nSPS) is 21.3. The lowest BCUT2D eigenvalue weighted by Crippen LogP contribution is -2.48. The van der Waals surface area contributed by atoms with Crippen molar-refractivity contribution in [2.24, 2.45) is 0 Å². The van der Waals surface area contributed by atoms with Crippen molar-refractivity contribution in [1.82, 2.24) is 9.80 Å². The first kappa shape index (κ1) is 17.0. The number of benzene rings is 1. The van der Waals surface area contributed by atoms with Gasteiger partial charge in [0.25, 0.3) is 0 Å². The van der Waals surface area contributed by atoms with Crippen LogP contribution in [0.5, 0.6) is 11.5 Å². The Morgan fingerprint density at radius 2 is 1.92 bits per heavy atom. The van der Waals surface area contributed by atoms with Crippen LogP contribution in [0.3, 0.4) is 0 Å². The predicted octanol–water partition coefficient (Wildman–Crippen LogP) is 1.31. The van der Waals surface area contributed by atoms with Gasteiger partial charge in [-0.1, -0.05) is 0 Å². The monoisotopic (exact) mass is 334 g/mol. The van der Waals surface area contributed by atoms with Gasteiger partial charge in [-0.25, -0.2) is 0 Å². The van der Waals surface area contributed by atoms with Crippen LogP contribution >= 0.6 is 0 Å². The van der Waals surface area contributed by atoms with Gasteiger partial charge < -0.3 is 19.1 Å². The molecule has 132 valence electrons. The van der Waals surface area contributed by atoms with Crippen molar-refractivity contribution in [2.45, 2.75) is 26.0 Å². The maximum Gasteiger partial charge on any atom is 0.236 e. The van der Waals surface area contributed by atoms with Gasteiger partial charge in [-0.15, -0.1) is 0 Å². The van der Waals surface area contributed by atoms with E-state index in [2.05, 4.69) is 11.0 Å². The number of amides is 1. The van der Waals surface area contributed by atoms with Crippen LogP contribution in [-0.2, 0) is 22.5 Å². The van der Waals surface area contributed by atoms with Crippen molar-refractivity contribution < 1.29 is 19.0 Å². The summed E-state index contributed by atoms with van der Waals surface area (Å²) in [4.78, 5) is 16.7. The number of hydrogen-bond donors (Lipinski definition) is 0. The molecule has 24 heavy (non-hydrogen) atoms. The van der Waals surface area contributed by atoms with Crippen LogP contribution in [0.1, 0.15) is 18.1 Å². The van der Waals surface area contributed by atoms with Crippen LogP contribution in [0.2, 0.25) is 0 Å². The summed E-state index contributed by atoms with van der Waals surface area (Å²) in [6.45, 7) is 6.13. The summed E-state index contributed by atoms with van der Waals surface area (Å²) < 4.78 is 16.3. The van der Waals surface area contributed by atoms with Crippen molar-refractivity contribution >= 4 is 5.91 Å². The van der Waals surface area contributed by atoms with Crippen LogP contribution in [0.25, 0.3) is 0 Å². The van der Waals surface area contributed by atoms with E-state index in [0.717, 1.165) is 31.0 Å². The first-order valence-electron chi connectivity index (χ1n) is 8.46. The molecule has 0 N–H and O–H groups in total. The fraction of sp³-hybridized carbons (Fsp3) is 0.611. The fourth-order valence-electron chi connectivity index (χ4n) is 3.41. The Bertz CT molecular complexity index is 605. The van der Waals surface area contributed by atoms with Gasteiger partial charge in [0.2, 0.25) is 5.91 Å². The number of rotatable bonds is 4. The third kappa shape index (κ3) is 3.65. The lowest BCUT2D eigenvalue weighted by molar-refractivity contribution is -0.139. The Morgan fingerprint density at radius 1 is 1.21 bits per heavy atom. The topological polar surface area (TPSA) is 51.2 Å². The van der Waals surface area contributed by atoms with Crippen LogP contribution in [0.15, 0.2) is 12.1 Å². The lowest BCUT2D eigenvalue weighted by atomic mass is 9.98. The van der Waals surface area contributed by atoms with Crippen molar-refractivity contribution in [1.29, 1.82) is 0 Å². The average molecular weight is 334 g/mol. The molecule has 1 amide bonds. The van der Waals surface area contributed by atoms with Crippen molar-refractivity contribution in [2.75, 3.05) is 47.0 Å². The second kappa shape index (κ2) is 7.40. The minimum absolute atomic E-state index is 0.126. The second-order valence-electron chi connectivity index (χ2n) is 6.46. The van der Waals surface area contributed by atoms with Gasteiger partial charge in [0, 0.05) is 26.2 Å². The number of carbonyl (C=O) groups excluding carboxylic acids is 1. The standard InChI is InChI=1S/C18H26N2O4/c1-13-10-20(6-7-24-13)18(21)12-19-5-4-14-8-16(22-2)17(23-3)9-15(14)11-19/h8-9,13H,4-7,10-12H2,1-3H3/t13-/m1/s1. The molecular weight excluding hydrogens is 308 g/mol. The van der Waals surface area contributed by atoms with Gasteiger partial charge in [-0.3, -0.25) is 9.69 Å². The largest absolute Gasteiger partial charge is 0.493 e. The molecule has 2 aliphatic rings. The summed E-state index contributed by atoms with van der Waals surface area (Å²) in [5.41, 5.74) is 2.48. The smallest absolute Gasteiger partial charge is 0.236 e. The molecule has 3 rings (SSSR count). The number of nitrogens with zero attached hydrogens (tertiary/aromatic N) is 2. The van der Waals surface area contributed by atoms with E-state index in [9.17, 15) is 4.79 Å². The van der Waals surface area contributed by atoms with Crippen LogP contribution in [-0.4, -0.2) is 68.8 Å². The molecule has 6 nitrogen and oxygen atoms in total. The Balaban J connectivity index is 1.65. The Kier molecular flexibility index (Phi) is 5.26. The molecule has 0 unspecified atom stereocenters. The van der Waals surface area contributed by atoms with Gasteiger partial charge in [0.15, 0.2) is 11.5 Å². The summed E-state index contributed by atoms with van der Waals surface area (Å²) >= 11 is 0. The number of morpholine rings is 1. The van der Waals surface area contributed by atoms with E-state index in [0.29, 0.717) is 26.2 Å². The molecule has 0 spiro atoms. The van der Waals surface area contributed by atoms with E-state index < -0.39 is 0 Å². The molecule has 0 radical (unpaired) electrons. The van der Waals surface area contributed by atoms with Crippen molar-refractivity contribution in [3.63, 3.8) is 0 Å². The summed E-state index contributed by atoms with van der Waals surface area (Å²) in [5, 5.41) is 0. The Labute approximate surface area is 143 Å². The molecule has 1 aromatic carbocycles. The molecular formula is C18H26N2O4. The van der Waals surface area contributed by atoms with Gasteiger partial charge >= 0.3 is 0 Å². The molecule has 1 aromatic rings. The maximum atomic E-state index is 12.5. The highest BCUT2D eigenvalue weighted by Crippen LogP contribution is 2.33. The maximum absolute atomic E-state index is 12.5. The van der Waals surface area contributed by atoms with Crippen molar-refractivity contribution in [3.05, 3.63) is 23.3 Å². The van der Waals surface area contributed by atoms with E-state index in [-0.39, 0.29) is 12.0 Å². The van der Waals surface area contributed by atoms with Crippen molar-refractivity contribution in [3.8, 4) is 11.5 Å². The van der Waals surface area contributed by atoms with Crippen LogP contribution in [0.4, 0.5) is 0 Å². The molecule has 0 saturated carbocycles. The molecule has 6 heteroatoms. The molecule has 0 bridgehead atoms. The SMILES string of the molecule is COc1cc2c(cc1OC)CN(CC(=O)N1CCO[C@H](C)C1)CC2. The minimum Gasteiger partial charge on any atom is -0.493 e. The molecule has 2 aliphatic heterocycles. The summed E-state index contributed by atoms with van der Waals surface area (Å²) in [6, 6.07) is 4.08. The number of hydrogen-bond acceptors (Lipinski definition) is 5. The fourth-order valence-corrected chi connectivity index (χ4v) is 3.41. The molecule has 1 atom stereocenters. The molecule has 1 fully saturated rings. The predicted molar refractivity (Wildman–Crippen MR) is 90.5 cm³/mol. The summed E-state index contributed by atoms with van der Waals surface area (Å²) in [7, 11) is 3.30. The molecule has 1 saturated heterocycles. The van der Waals surface area contributed by atoms with E-state index in [1.165, 1.54) is 11.1 Å². The molecule has 0 aromatic heterocycles. The lowest BCUT2D eigenvalue weighted by Gasteiger charge is -2.34. The molecule has 2 heterocycles. The van der Waals surface area contributed by atoms with Gasteiger partial charge in [-0.2, -0.15) is 0 Å². The van der Waals surface area contributed by atoms with E-state index in [1.54, 1.807) is 14.2 Å². The number of carbonyl (C=O) groups is 1. The molecule has 0 aliphatic carbocycles. The van der Waals surface area contributed by atoms with E-state index >= 15 is 0 Å². The van der Waals surface area contributed by atoms with E-state index in [1.807, 2.05) is 17.9 Å². The number of methoxy groups -OCH3 is 2. The number of ether oxygens (including phenoxy) is 3. The van der Waals surface area contributed by atoms with Crippen LogP contribution in [0, 0.1) is 0 Å². The van der Waals surface area contributed by atoms with Gasteiger partial charge in [0.1, 0.15) is 0 Å². The van der Waals surface area contributed by atoms with Gasteiger partial charge in [0.05, 0.1) is 33.5 Å². The third-order valence-corrected chi connectivity index (χ3v) is 4.75. The summed E-state index contributed by atoms with van der Waals surface area (Å²) in [6.07, 6.45) is 1.05. The van der Waals surface area contributed by atoms with Crippen LogP contribution < -0.4 is 9.47 Å². The zero-order valence-corrected chi connectivity index (χ0v) is 14.7. The Morgan fingerprint density at radius 3 is 2.58 bits per heavy atom. The van der Waals surface area contributed by atoms with E-state index in [4.69, 9.17) is 14.2 Å². The highest BCUT2D eigenvalue weighted by Gasteiger charge is 2.25. The number of fused-ring (bicyclic) bond motifs is 1. The first-order chi connectivity index (χ1) is 11.6. The highest BCUT2D eigenvalue weighted by atomic mass is 16.5. The summed E-state index contributed by atoms with van der Waals surface area (Å²) in [5.74, 6) is 1.70.